The number of anilines is 1. The monoisotopic (exact) mass is 411 g/mol. The summed E-state index contributed by atoms with van der Waals surface area (Å²) in [4.78, 5) is 16.4. The Hall–Kier alpha value is -2.76. The maximum absolute atomic E-state index is 12.3. The number of aryl methyl sites for hydroxylation is 2. The molecule has 4 nitrogen and oxygen atoms in total. The van der Waals surface area contributed by atoms with E-state index in [1.54, 1.807) is 18.5 Å². The summed E-state index contributed by atoms with van der Waals surface area (Å²) in [7, 11) is 0. The van der Waals surface area contributed by atoms with Crippen molar-refractivity contribution in [3.8, 4) is 0 Å². The van der Waals surface area contributed by atoms with Gasteiger partial charge in [0.2, 0.25) is 0 Å². The Balaban J connectivity index is 0.00000280. The summed E-state index contributed by atoms with van der Waals surface area (Å²) in [6.45, 7) is 4.00. The Morgan fingerprint density at radius 3 is 2.21 bits per heavy atom. The summed E-state index contributed by atoms with van der Waals surface area (Å²) in [5.74, 6) is -0.218. The van der Waals surface area contributed by atoms with Crippen LogP contribution in [0, 0.1) is 13.8 Å². The van der Waals surface area contributed by atoms with E-state index < -0.39 is 0 Å². The Morgan fingerprint density at radius 2 is 1.57 bits per heavy atom. The zero-order valence-electron chi connectivity index (χ0n) is 15.7. The van der Waals surface area contributed by atoms with Crippen LogP contribution in [-0.2, 0) is 6.42 Å². The molecule has 144 valence electrons. The molecule has 0 aliphatic heterocycles. The van der Waals surface area contributed by atoms with Gasteiger partial charge in [-0.2, -0.15) is 0 Å². The van der Waals surface area contributed by atoms with Gasteiger partial charge in [0.1, 0.15) is 0 Å². The normalized spacial score (nSPS) is 9.93. The van der Waals surface area contributed by atoms with Gasteiger partial charge in [-0.15, -0.1) is 12.4 Å². The summed E-state index contributed by atoms with van der Waals surface area (Å²) in [6.07, 6.45) is 4.43. The molecule has 0 radical (unpaired) electrons. The molecule has 6 heteroatoms. The number of nitrogens with zero attached hydrogens (tertiary/aromatic N) is 1. The topological polar surface area (TPSA) is 54.0 Å². The predicted octanol–water partition coefficient (Wildman–Crippen LogP) is 4.84. The number of pyridine rings is 1. The van der Waals surface area contributed by atoms with E-state index in [1.807, 2.05) is 62.4 Å². The summed E-state index contributed by atoms with van der Waals surface area (Å²) in [5, 5.41) is 6.05. The van der Waals surface area contributed by atoms with Gasteiger partial charge in [-0.25, -0.2) is 0 Å². The number of hydrogen-bond donors (Lipinski definition) is 2. The van der Waals surface area contributed by atoms with Crippen molar-refractivity contribution in [2.45, 2.75) is 20.3 Å². The van der Waals surface area contributed by atoms with Crippen LogP contribution in [0.5, 0.6) is 0 Å². The van der Waals surface area contributed by atoms with E-state index in [9.17, 15) is 4.79 Å². The van der Waals surface area contributed by atoms with Crippen molar-refractivity contribution in [1.29, 1.82) is 0 Å². The van der Waals surface area contributed by atoms with Crippen molar-refractivity contribution in [2.75, 3.05) is 5.32 Å². The van der Waals surface area contributed by atoms with Gasteiger partial charge in [0.05, 0.1) is 0 Å². The van der Waals surface area contributed by atoms with Gasteiger partial charge in [-0.05, 0) is 91.1 Å². The van der Waals surface area contributed by atoms with Crippen LogP contribution in [0.25, 0.3) is 0 Å². The molecule has 2 N–H and O–H groups in total. The Labute approximate surface area is 176 Å². The number of rotatable bonds is 4. The first-order valence-electron chi connectivity index (χ1n) is 8.69. The molecule has 0 unspecified atom stereocenters. The third-order valence-corrected chi connectivity index (χ3v) is 4.57. The second-order valence-corrected chi connectivity index (χ2v) is 6.84. The van der Waals surface area contributed by atoms with E-state index in [1.165, 1.54) is 11.1 Å². The molecule has 1 heterocycles. The molecule has 0 bridgehead atoms. The molecule has 0 saturated heterocycles. The molecule has 0 atom stereocenters. The van der Waals surface area contributed by atoms with Crippen LogP contribution in [0.4, 0.5) is 5.69 Å². The zero-order chi connectivity index (χ0) is 19.2. The molecule has 0 spiro atoms. The number of aromatic nitrogens is 1. The number of halogens is 1. The first kappa shape index (κ1) is 21.5. The van der Waals surface area contributed by atoms with E-state index in [0.717, 1.165) is 23.2 Å². The first-order valence-corrected chi connectivity index (χ1v) is 9.09. The van der Waals surface area contributed by atoms with E-state index in [2.05, 4.69) is 15.6 Å². The molecule has 1 aromatic heterocycles. The minimum absolute atomic E-state index is 0. The lowest BCUT2D eigenvalue weighted by Crippen LogP contribution is -2.34. The zero-order valence-corrected chi connectivity index (χ0v) is 17.4. The molecular formula is C22H22ClN3OS. The van der Waals surface area contributed by atoms with Crippen LogP contribution < -0.4 is 10.6 Å². The minimum Gasteiger partial charge on any atom is -0.332 e. The molecule has 3 rings (SSSR count). The average molecular weight is 412 g/mol. The van der Waals surface area contributed by atoms with Crippen molar-refractivity contribution in [3.05, 3.63) is 94.8 Å². The van der Waals surface area contributed by atoms with Crippen molar-refractivity contribution < 1.29 is 4.79 Å². The maximum Gasteiger partial charge on any atom is 0.257 e. The number of nitrogens with one attached hydrogen (secondary N) is 2. The van der Waals surface area contributed by atoms with Crippen LogP contribution in [0.1, 0.15) is 32.6 Å². The average Bonchev–Trinajstić information content (AvgIpc) is 2.66. The van der Waals surface area contributed by atoms with Gasteiger partial charge in [0.25, 0.3) is 5.91 Å². The SMILES string of the molecule is Cc1ccc(C(=O)NC(=S)Nc2ccc(Cc3ccncc3)cc2)cc1C.Cl. The fourth-order valence-corrected chi connectivity index (χ4v) is 2.87. The standard InChI is InChI=1S/C22H21N3OS.ClH/c1-15-3-6-19(13-16(15)2)21(26)25-22(27)24-20-7-4-17(5-8-20)14-18-9-11-23-12-10-18;/h3-13H,14H2,1-2H3,(H2,24,25,26,27);1H. The maximum atomic E-state index is 12.3. The van der Waals surface area contributed by atoms with Crippen molar-refractivity contribution in [3.63, 3.8) is 0 Å². The fourth-order valence-electron chi connectivity index (χ4n) is 2.66. The molecule has 3 aromatic rings. The van der Waals surface area contributed by atoms with Gasteiger partial charge >= 0.3 is 0 Å². The lowest BCUT2D eigenvalue weighted by atomic mass is 10.1. The Kier molecular flexibility index (Phi) is 7.67. The van der Waals surface area contributed by atoms with Gasteiger partial charge in [-0.1, -0.05) is 18.2 Å². The number of carbonyl (C=O) groups is 1. The van der Waals surface area contributed by atoms with E-state index >= 15 is 0 Å². The smallest absolute Gasteiger partial charge is 0.257 e. The van der Waals surface area contributed by atoms with E-state index in [0.29, 0.717) is 5.56 Å². The van der Waals surface area contributed by atoms with Crippen molar-refractivity contribution in [1.82, 2.24) is 10.3 Å². The van der Waals surface area contributed by atoms with Gasteiger partial charge in [-0.3, -0.25) is 15.1 Å². The third-order valence-electron chi connectivity index (χ3n) is 4.37. The first-order chi connectivity index (χ1) is 13.0. The lowest BCUT2D eigenvalue weighted by molar-refractivity contribution is 0.0977. The predicted molar refractivity (Wildman–Crippen MR) is 120 cm³/mol. The van der Waals surface area contributed by atoms with Crippen LogP contribution in [0.2, 0.25) is 0 Å². The van der Waals surface area contributed by atoms with Crippen molar-refractivity contribution in [2.24, 2.45) is 0 Å². The summed E-state index contributed by atoms with van der Waals surface area (Å²) in [5.41, 5.74) is 6.05. The van der Waals surface area contributed by atoms with Crippen molar-refractivity contribution >= 4 is 41.3 Å². The quantitative estimate of drug-likeness (QED) is 0.603. The van der Waals surface area contributed by atoms with Crippen LogP contribution >= 0.6 is 24.6 Å². The summed E-state index contributed by atoms with van der Waals surface area (Å²) < 4.78 is 0. The number of hydrogen-bond acceptors (Lipinski definition) is 3. The number of carbonyl (C=O) groups excluding carboxylic acids is 1. The Bertz CT molecular complexity index is 959. The lowest BCUT2D eigenvalue weighted by Gasteiger charge is -2.11. The Morgan fingerprint density at radius 1 is 0.929 bits per heavy atom. The summed E-state index contributed by atoms with van der Waals surface area (Å²) in [6, 6.07) is 17.6. The number of thiocarbonyl (C=S) groups is 1. The number of amides is 1. The highest BCUT2D eigenvalue weighted by atomic mass is 35.5. The molecule has 1 amide bonds. The molecular weight excluding hydrogens is 390 g/mol. The second kappa shape index (κ2) is 9.97. The molecule has 0 saturated carbocycles. The molecule has 0 fully saturated rings. The highest BCUT2D eigenvalue weighted by Crippen LogP contribution is 2.14. The fraction of sp³-hybridized carbons (Fsp3) is 0.136. The molecule has 2 aromatic carbocycles. The van der Waals surface area contributed by atoms with E-state index in [4.69, 9.17) is 12.2 Å². The highest BCUT2D eigenvalue weighted by molar-refractivity contribution is 7.80. The third kappa shape index (κ3) is 5.87. The molecule has 0 aliphatic carbocycles. The van der Waals surface area contributed by atoms with Crippen LogP contribution in [0.3, 0.4) is 0 Å². The van der Waals surface area contributed by atoms with E-state index in [-0.39, 0.29) is 23.4 Å². The molecule has 28 heavy (non-hydrogen) atoms. The minimum atomic E-state index is -0.218. The van der Waals surface area contributed by atoms with Crippen LogP contribution in [-0.4, -0.2) is 16.0 Å². The highest BCUT2D eigenvalue weighted by Gasteiger charge is 2.09. The summed E-state index contributed by atoms with van der Waals surface area (Å²) >= 11 is 5.26. The largest absolute Gasteiger partial charge is 0.332 e. The van der Waals surface area contributed by atoms with Gasteiger partial charge < -0.3 is 5.32 Å². The number of benzene rings is 2. The van der Waals surface area contributed by atoms with Gasteiger partial charge in [0.15, 0.2) is 5.11 Å². The second-order valence-electron chi connectivity index (χ2n) is 6.44. The van der Waals surface area contributed by atoms with Gasteiger partial charge in [0, 0.05) is 23.6 Å². The molecule has 0 aliphatic rings. The van der Waals surface area contributed by atoms with Crippen LogP contribution in [0.15, 0.2) is 67.0 Å².